The molecule has 1 fully saturated rings. The van der Waals surface area contributed by atoms with Gasteiger partial charge in [0, 0.05) is 32.6 Å². The van der Waals surface area contributed by atoms with Crippen LogP contribution in [0.15, 0.2) is 24.3 Å². The molecule has 120 valence electrons. The van der Waals surface area contributed by atoms with E-state index in [9.17, 15) is 9.59 Å². The van der Waals surface area contributed by atoms with Gasteiger partial charge in [0.25, 0.3) is 0 Å². The zero-order chi connectivity index (χ0) is 16.1. The fourth-order valence-electron chi connectivity index (χ4n) is 2.79. The van der Waals surface area contributed by atoms with Crippen LogP contribution in [0.4, 0.5) is 0 Å². The number of amides is 2. The van der Waals surface area contributed by atoms with Crippen molar-refractivity contribution in [1.29, 1.82) is 0 Å². The molecule has 0 aliphatic carbocycles. The summed E-state index contributed by atoms with van der Waals surface area (Å²) < 4.78 is 0. The van der Waals surface area contributed by atoms with E-state index in [-0.39, 0.29) is 11.8 Å². The molecule has 0 N–H and O–H groups in total. The Morgan fingerprint density at radius 2 is 1.64 bits per heavy atom. The third-order valence-corrected chi connectivity index (χ3v) is 4.01. The second-order valence-corrected chi connectivity index (χ2v) is 6.53. The van der Waals surface area contributed by atoms with Crippen LogP contribution in [-0.2, 0) is 16.0 Å². The van der Waals surface area contributed by atoms with Gasteiger partial charge in [0.05, 0.1) is 6.42 Å². The fourth-order valence-corrected chi connectivity index (χ4v) is 2.79. The van der Waals surface area contributed by atoms with Crippen molar-refractivity contribution in [3.8, 4) is 0 Å². The molecule has 0 spiro atoms. The van der Waals surface area contributed by atoms with Crippen LogP contribution < -0.4 is 0 Å². The third kappa shape index (κ3) is 4.58. The van der Waals surface area contributed by atoms with E-state index in [1.807, 2.05) is 34.9 Å². The Morgan fingerprint density at radius 3 is 2.18 bits per heavy atom. The lowest BCUT2D eigenvalue weighted by Gasteiger charge is -2.35. The molecule has 1 aromatic rings. The molecule has 1 aliphatic rings. The van der Waals surface area contributed by atoms with Crippen molar-refractivity contribution in [3.05, 3.63) is 35.4 Å². The van der Waals surface area contributed by atoms with E-state index in [2.05, 4.69) is 19.9 Å². The Balaban J connectivity index is 1.83. The predicted molar refractivity (Wildman–Crippen MR) is 87.5 cm³/mol. The first-order valence-electron chi connectivity index (χ1n) is 8.07. The van der Waals surface area contributed by atoms with Crippen molar-refractivity contribution in [2.75, 3.05) is 26.2 Å². The molecular formula is C18H26N2O2. The van der Waals surface area contributed by atoms with E-state index in [0.29, 0.717) is 44.9 Å². The zero-order valence-electron chi connectivity index (χ0n) is 13.8. The molecule has 0 aromatic heterocycles. The summed E-state index contributed by atoms with van der Waals surface area (Å²) in [7, 11) is 0. The van der Waals surface area contributed by atoms with Gasteiger partial charge in [-0.1, -0.05) is 43.7 Å². The molecule has 4 nitrogen and oxygen atoms in total. The van der Waals surface area contributed by atoms with Gasteiger partial charge in [-0.05, 0) is 18.4 Å². The zero-order valence-corrected chi connectivity index (χ0v) is 13.8. The quantitative estimate of drug-likeness (QED) is 0.856. The summed E-state index contributed by atoms with van der Waals surface area (Å²) in [6.45, 7) is 8.76. The van der Waals surface area contributed by atoms with Crippen LogP contribution in [0, 0.1) is 12.8 Å². The largest absolute Gasteiger partial charge is 0.339 e. The standard InChI is InChI=1S/C18H26N2O2/c1-14(2)11-17(21)19-7-9-20(10-8-19)18(22)13-16-6-4-5-15(3)12-16/h4-6,12,14H,7-11,13H2,1-3H3. The number of hydrogen-bond acceptors (Lipinski definition) is 2. The van der Waals surface area contributed by atoms with Gasteiger partial charge >= 0.3 is 0 Å². The van der Waals surface area contributed by atoms with Crippen molar-refractivity contribution < 1.29 is 9.59 Å². The fraction of sp³-hybridized carbons (Fsp3) is 0.556. The van der Waals surface area contributed by atoms with Crippen LogP contribution in [0.5, 0.6) is 0 Å². The number of rotatable bonds is 4. The Kier molecular flexibility index (Phi) is 5.58. The summed E-state index contributed by atoms with van der Waals surface area (Å²) in [5.74, 6) is 0.746. The van der Waals surface area contributed by atoms with Gasteiger partial charge in [0.2, 0.25) is 11.8 Å². The van der Waals surface area contributed by atoms with Gasteiger partial charge in [-0.3, -0.25) is 9.59 Å². The van der Waals surface area contributed by atoms with Gasteiger partial charge in [0.1, 0.15) is 0 Å². The normalized spacial score (nSPS) is 15.3. The molecule has 1 saturated heterocycles. The summed E-state index contributed by atoms with van der Waals surface area (Å²) in [4.78, 5) is 28.2. The van der Waals surface area contributed by atoms with Gasteiger partial charge in [-0.15, -0.1) is 0 Å². The molecular weight excluding hydrogens is 276 g/mol. The molecule has 1 aliphatic heterocycles. The molecule has 0 unspecified atom stereocenters. The molecule has 22 heavy (non-hydrogen) atoms. The van der Waals surface area contributed by atoms with E-state index < -0.39 is 0 Å². The molecule has 2 rings (SSSR count). The summed E-state index contributed by atoms with van der Waals surface area (Å²) in [5.41, 5.74) is 2.23. The van der Waals surface area contributed by atoms with Crippen molar-refractivity contribution in [2.45, 2.75) is 33.6 Å². The third-order valence-electron chi connectivity index (χ3n) is 4.01. The molecule has 0 radical (unpaired) electrons. The first-order chi connectivity index (χ1) is 10.5. The number of nitrogens with zero attached hydrogens (tertiary/aromatic N) is 2. The second kappa shape index (κ2) is 7.43. The van der Waals surface area contributed by atoms with E-state index in [0.717, 1.165) is 5.56 Å². The lowest BCUT2D eigenvalue weighted by atomic mass is 10.1. The molecule has 0 bridgehead atoms. The average molecular weight is 302 g/mol. The average Bonchev–Trinajstić information content (AvgIpc) is 2.46. The van der Waals surface area contributed by atoms with Crippen LogP contribution in [0.2, 0.25) is 0 Å². The van der Waals surface area contributed by atoms with Crippen LogP contribution in [0.25, 0.3) is 0 Å². The van der Waals surface area contributed by atoms with Crippen molar-refractivity contribution >= 4 is 11.8 Å². The van der Waals surface area contributed by atoms with Crippen LogP contribution in [0.1, 0.15) is 31.4 Å². The first kappa shape index (κ1) is 16.5. The van der Waals surface area contributed by atoms with Gasteiger partial charge in [0.15, 0.2) is 0 Å². The lowest BCUT2D eigenvalue weighted by Crippen LogP contribution is -2.51. The van der Waals surface area contributed by atoms with Crippen LogP contribution in [-0.4, -0.2) is 47.8 Å². The number of benzene rings is 1. The van der Waals surface area contributed by atoms with Gasteiger partial charge in [-0.25, -0.2) is 0 Å². The Bertz CT molecular complexity index is 532. The Morgan fingerprint density at radius 1 is 1.05 bits per heavy atom. The molecule has 1 heterocycles. The summed E-state index contributed by atoms with van der Waals surface area (Å²) in [6.07, 6.45) is 1.04. The van der Waals surface area contributed by atoms with Crippen molar-refractivity contribution in [1.82, 2.24) is 9.80 Å². The number of hydrogen-bond donors (Lipinski definition) is 0. The highest BCUT2D eigenvalue weighted by molar-refractivity contribution is 5.80. The molecule has 2 amide bonds. The van der Waals surface area contributed by atoms with Gasteiger partial charge < -0.3 is 9.80 Å². The maximum absolute atomic E-state index is 12.4. The van der Waals surface area contributed by atoms with E-state index in [1.165, 1.54) is 5.56 Å². The molecule has 0 atom stereocenters. The van der Waals surface area contributed by atoms with Crippen molar-refractivity contribution in [3.63, 3.8) is 0 Å². The van der Waals surface area contributed by atoms with Crippen LogP contribution >= 0.6 is 0 Å². The van der Waals surface area contributed by atoms with E-state index >= 15 is 0 Å². The Labute approximate surface area is 133 Å². The second-order valence-electron chi connectivity index (χ2n) is 6.53. The highest BCUT2D eigenvalue weighted by atomic mass is 16.2. The highest BCUT2D eigenvalue weighted by Crippen LogP contribution is 2.11. The SMILES string of the molecule is Cc1cccc(CC(=O)N2CCN(C(=O)CC(C)C)CC2)c1. The topological polar surface area (TPSA) is 40.6 Å². The number of carbonyl (C=O) groups excluding carboxylic acids is 2. The minimum Gasteiger partial charge on any atom is -0.339 e. The van der Waals surface area contributed by atoms with Gasteiger partial charge in [-0.2, -0.15) is 0 Å². The first-order valence-corrected chi connectivity index (χ1v) is 8.07. The van der Waals surface area contributed by atoms with Crippen molar-refractivity contribution in [2.24, 2.45) is 5.92 Å². The highest BCUT2D eigenvalue weighted by Gasteiger charge is 2.24. The summed E-state index contributed by atoms with van der Waals surface area (Å²) >= 11 is 0. The Hall–Kier alpha value is -1.84. The summed E-state index contributed by atoms with van der Waals surface area (Å²) in [5, 5.41) is 0. The molecule has 0 saturated carbocycles. The smallest absolute Gasteiger partial charge is 0.227 e. The maximum Gasteiger partial charge on any atom is 0.227 e. The molecule has 1 aromatic carbocycles. The monoisotopic (exact) mass is 302 g/mol. The van der Waals surface area contributed by atoms with Crippen LogP contribution in [0.3, 0.4) is 0 Å². The molecule has 4 heteroatoms. The minimum atomic E-state index is 0.154. The number of aryl methyl sites for hydroxylation is 1. The minimum absolute atomic E-state index is 0.154. The number of carbonyl (C=O) groups is 2. The number of piperazine rings is 1. The lowest BCUT2D eigenvalue weighted by molar-refractivity contribution is -0.139. The van der Waals surface area contributed by atoms with E-state index in [4.69, 9.17) is 0 Å². The maximum atomic E-state index is 12.4. The summed E-state index contributed by atoms with van der Waals surface area (Å²) in [6, 6.07) is 8.07. The predicted octanol–water partition coefficient (Wildman–Crippen LogP) is 2.25. The van der Waals surface area contributed by atoms with E-state index in [1.54, 1.807) is 0 Å².